The van der Waals surface area contributed by atoms with Crippen molar-refractivity contribution in [2.75, 3.05) is 42.5 Å². The highest BCUT2D eigenvalue weighted by molar-refractivity contribution is 7.13. The third-order valence-corrected chi connectivity index (χ3v) is 7.76. The van der Waals surface area contributed by atoms with Crippen molar-refractivity contribution in [1.82, 2.24) is 15.1 Å². The van der Waals surface area contributed by atoms with E-state index in [0.29, 0.717) is 11.9 Å². The Bertz CT molecular complexity index is 1080. The highest BCUT2D eigenvalue weighted by Crippen LogP contribution is 2.28. The molecular formula is C26H31N5OS. The van der Waals surface area contributed by atoms with E-state index in [1.165, 1.54) is 11.3 Å². The summed E-state index contributed by atoms with van der Waals surface area (Å²) < 4.78 is 0. The van der Waals surface area contributed by atoms with Gasteiger partial charge in [-0.2, -0.15) is 0 Å². The normalized spacial score (nSPS) is 19.7. The molecule has 3 aromatic rings. The van der Waals surface area contributed by atoms with Crippen LogP contribution >= 0.6 is 11.3 Å². The average molecular weight is 462 g/mol. The van der Waals surface area contributed by atoms with Gasteiger partial charge in [0.1, 0.15) is 5.69 Å². The molecule has 0 spiro atoms. The maximum absolute atomic E-state index is 13.3. The summed E-state index contributed by atoms with van der Waals surface area (Å²) in [6, 6.07) is 17.2. The Morgan fingerprint density at radius 2 is 1.85 bits per heavy atom. The number of aryl methyl sites for hydroxylation is 1. The number of hydrogen-bond acceptors (Lipinski definition) is 6. The molecule has 6 nitrogen and oxygen atoms in total. The summed E-state index contributed by atoms with van der Waals surface area (Å²) in [5, 5.41) is 10.9. The topological polar surface area (TPSA) is 52.6 Å². The number of anilines is 2. The number of nitrogens with zero attached hydrogens (tertiary/aromatic N) is 5. The average Bonchev–Trinajstić information content (AvgIpc) is 3.39. The van der Waals surface area contributed by atoms with Gasteiger partial charge in [-0.3, -0.25) is 4.79 Å². The summed E-state index contributed by atoms with van der Waals surface area (Å²) in [7, 11) is 0. The second-order valence-corrected chi connectivity index (χ2v) is 10.1. The summed E-state index contributed by atoms with van der Waals surface area (Å²) in [5.74, 6) is 1.34. The Labute approximate surface area is 199 Å². The number of piperazine rings is 1. The summed E-state index contributed by atoms with van der Waals surface area (Å²) >= 11 is 1.67. The molecule has 2 saturated heterocycles. The fourth-order valence-electron chi connectivity index (χ4n) is 5.01. The summed E-state index contributed by atoms with van der Waals surface area (Å²) in [6.07, 6.45) is 1.75. The molecule has 7 heteroatoms. The van der Waals surface area contributed by atoms with Crippen molar-refractivity contribution in [3.05, 3.63) is 59.5 Å². The van der Waals surface area contributed by atoms with E-state index in [1.807, 2.05) is 12.1 Å². The van der Waals surface area contributed by atoms with Crippen LogP contribution < -0.4 is 9.80 Å². The zero-order chi connectivity index (χ0) is 22.8. The maximum atomic E-state index is 13.3. The van der Waals surface area contributed by atoms with Gasteiger partial charge in [-0.25, -0.2) is 0 Å². The highest BCUT2D eigenvalue weighted by Gasteiger charge is 2.33. The van der Waals surface area contributed by atoms with Crippen molar-refractivity contribution < 1.29 is 4.79 Å². The largest absolute Gasteiger partial charge is 0.365 e. The number of hydrogen-bond donors (Lipinski definition) is 0. The SMILES string of the molecule is Cc1cccc(N2CCN(C(=O)C3CCN(c4ccc(-c5cccs5)nn4)CC3)C[C@@H]2C)c1. The van der Waals surface area contributed by atoms with Gasteiger partial charge in [0, 0.05) is 50.4 Å². The van der Waals surface area contributed by atoms with Crippen molar-refractivity contribution in [3.8, 4) is 10.6 Å². The highest BCUT2D eigenvalue weighted by atomic mass is 32.1. The molecule has 1 aromatic carbocycles. The van der Waals surface area contributed by atoms with E-state index in [1.54, 1.807) is 11.3 Å². The number of thiophene rings is 1. The predicted molar refractivity (Wildman–Crippen MR) is 135 cm³/mol. The van der Waals surface area contributed by atoms with E-state index in [0.717, 1.165) is 62.0 Å². The lowest BCUT2D eigenvalue weighted by molar-refractivity contribution is -0.137. The van der Waals surface area contributed by atoms with Crippen molar-refractivity contribution in [1.29, 1.82) is 0 Å². The molecule has 0 saturated carbocycles. The Morgan fingerprint density at radius 1 is 1.00 bits per heavy atom. The van der Waals surface area contributed by atoms with Crippen LogP contribution in [0.3, 0.4) is 0 Å². The predicted octanol–water partition coefficient (Wildman–Crippen LogP) is 4.47. The molecule has 1 amide bonds. The third-order valence-electron chi connectivity index (χ3n) is 6.86. The fraction of sp³-hybridized carbons (Fsp3) is 0.423. The molecule has 0 aliphatic carbocycles. The van der Waals surface area contributed by atoms with Gasteiger partial charge in [0.15, 0.2) is 5.82 Å². The maximum Gasteiger partial charge on any atom is 0.225 e. The Hall–Kier alpha value is -2.93. The van der Waals surface area contributed by atoms with Crippen molar-refractivity contribution >= 4 is 28.7 Å². The number of amides is 1. The van der Waals surface area contributed by atoms with Crippen LogP contribution in [0.15, 0.2) is 53.9 Å². The molecule has 0 radical (unpaired) electrons. The smallest absolute Gasteiger partial charge is 0.225 e. The van der Waals surface area contributed by atoms with E-state index in [2.05, 4.69) is 80.5 Å². The van der Waals surface area contributed by atoms with Crippen LogP contribution in [0.4, 0.5) is 11.5 Å². The minimum absolute atomic E-state index is 0.109. The molecule has 5 rings (SSSR count). The van der Waals surface area contributed by atoms with Crippen LogP contribution in [0, 0.1) is 12.8 Å². The summed E-state index contributed by atoms with van der Waals surface area (Å²) in [6.45, 7) is 8.54. The number of carbonyl (C=O) groups excluding carboxylic acids is 1. The van der Waals surface area contributed by atoms with Crippen molar-refractivity contribution in [2.45, 2.75) is 32.7 Å². The van der Waals surface area contributed by atoms with Crippen molar-refractivity contribution in [3.63, 3.8) is 0 Å². The van der Waals surface area contributed by atoms with Crippen LogP contribution in [-0.4, -0.2) is 59.8 Å². The molecule has 2 fully saturated rings. The molecule has 0 bridgehead atoms. The van der Waals surface area contributed by atoms with Crippen LogP contribution in [0.25, 0.3) is 10.6 Å². The van der Waals surface area contributed by atoms with E-state index in [4.69, 9.17) is 0 Å². The summed E-state index contributed by atoms with van der Waals surface area (Å²) in [4.78, 5) is 21.2. The standard InChI is InChI=1S/C26H31N5OS/c1-19-5-3-6-22(17-19)31-15-14-30(18-20(31)2)26(32)21-10-12-29(13-11-21)25-9-8-23(27-28-25)24-7-4-16-33-24/h3-9,16-17,20-21H,10-15,18H2,1-2H3/t20-/m0/s1. The lowest BCUT2D eigenvalue weighted by atomic mass is 9.94. The minimum atomic E-state index is 0.109. The first-order valence-electron chi connectivity index (χ1n) is 11.8. The van der Waals surface area contributed by atoms with Crippen LogP contribution in [-0.2, 0) is 4.79 Å². The van der Waals surface area contributed by atoms with E-state index >= 15 is 0 Å². The Kier molecular flexibility index (Phi) is 6.31. The van der Waals surface area contributed by atoms with Gasteiger partial charge in [-0.05, 0) is 68.0 Å². The molecule has 2 aliphatic rings. The van der Waals surface area contributed by atoms with Gasteiger partial charge in [0.05, 0.1) is 4.88 Å². The number of piperidine rings is 1. The second kappa shape index (κ2) is 9.51. The molecule has 1 atom stereocenters. The van der Waals surface area contributed by atoms with Gasteiger partial charge in [0.25, 0.3) is 0 Å². The molecule has 4 heterocycles. The number of aromatic nitrogens is 2. The fourth-order valence-corrected chi connectivity index (χ4v) is 5.70. The summed E-state index contributed by atoms with van der Waals surface area (Å²) in [5.41, 5.74) is 3.45. The van der Waals surface area contributed by atoms with E-state index in [9.17, 15) is 4.79 Å². The molecular weight excluding hydrogens is 430 g/mol. The molecule has 2 aromatic heterocycles. The zero-order valence-electron chi connectivity index (χ0n) is 19.4. The quantitative estimate of drug-likeness (QED) is 0.574. The second-order valence-electron chi connectivity index (χ2n) is 9.18. The van der Waals surface area contributed by atoms with Gasteiger partial charge in [-0.1, -0.05) is 18.2 Å². The lowest BCUT2D eigenvalue weighted by Gasteiger charge is -2.43. The molecule has 172 valence electrons. The zero-order valence-corrected chi connectivity index (χ0v) is 20.2. The Balaban J connectivity index is 1.15. The number of benzene rings is 1. The Morgan fingerprint density at radius 3 is 2.52 bits per heavy atom. The first kappa shape index (κ1) is 21.9. The van der Waals surface area contributed by atoms with Crippen LogP contribution in [0.2, 0.25) is 0 Å². The van der Waals surface area contributed by atoms with Gasteiger partial charge >= 0.3 is 0 Å². The third kappa shape index (κ3) is 4.74. The number of carbonyl (C=O) groups is 1. The van der Waals surface area contributed by atoms with Crippen LogP contribution in [0.5, 0.6) is 0 Å². The van der Waals surface area contributed by atoms with Crippen LogP contribution in [0.1, 0.15) is 25.3 Å². The first-order chi connectivity index (χ1) is 16.1. The molecule has 33 heavy (non-hydrogen) atoms. The first-order valence-corrected chi connectivity index (χ1v) is 12.7. The monoisotopic (exact) mass is 461 g/mol. The number of rotatable bonds is 4. The van der Waals surface area contributed by atoms with E-state index < -0.39 is 0 Å². The minimum Gasteiger partial charge on any atom is -0.365 e. The van der Waals surface area contributed by atoms with Crippen molar-refractivity contribution in [2.24, 2.45) is 5.92 Å². The molecule has 0 unspecified atom stereocenters. The lowest BCUT2D eigenvalue weighted by Crippen LogP contribution is -2.55. The van der Waals surface area contributed by atoms with Gasteiger partial charge < -0.3 is 14.7 Å². The molecule has 2 aliphatic heterocycles. The van der Waals surface area contributed by atoms with E-state index in [-0.39, 0.29) is 5.92 Å². The van der Waals surface area contributed by atoms with Gasteiger partial charge in [0.2, 0.25) is 5.91 Å². The molecule has 0 N–H and O–H groups in total. The van der Waals surface area contributed by atoms with Gasteiger partial charge in [-0.15, -0.1) is 21.5 Å².